The zero-order valence-electron chi connectivity index (χ0n) is 10.8. The zero-order chi connectivity index (χ0) is 13.4. The fourth-order valence-corrected chi connectivity index (χ4v) is 2.20. The number of carbonyl (C=O) groups is 1. The van der Waals surface area contributed by atoms with Crippen LogP contribution in [0, 0.1) is 0 Å². The number of oxazole rings is 1. The Morgan fingerprint density at radius 2 is 2.05 bits per heavy atom. The van der Waals surface area contributed by atoms with Crippen molar-refractivity contribution in [2.24, 2.45) is 5.73 Å². The van der Waals surface area contributed by atoms with Crippen LogP contribution in [0.5, 0.6) is 0 Å². The summed E-state index contributed by atoms with van der Waals surface area (Å²) in [5, 5.41) is 0. The molecular formula is C13H16N4O2. The quantitative estimate of drug-likeness (QED) is 0.859. The van der Waals surface area contributed by atoms with E-state index in [9.17, 15) is 4.79 Å². The molecule has 0 radical (unpaired) electrons. The van der Waals surface area contributed by atoms with E-state index in [1.807, 2.05) is 0 Å². The summed E-state index contributed by atoms with van der Waals surface area (Å²) in [7, 11) is 2.10. The lowest BCUT2D eigenvalue weighted by Crippen LogP contribution is -2.44. The third-order valence-corrected chi connectivity index (χ3v) is 3.43. The maximum absolute atomic E-state index is 11.1. The van der Waals surface area contributed by atoms with Crippen LogP contribution in [0.3, 0.4) is 0 Å². The van der Waals surface area contributed by atoms with Crippen molar-refractivity contribution >= 4 is 23.0 Å². The van der Waals surface area contributed by atoms with Crippen LogP contribution in [0.15, 0.2) is 22.6 Å². The lowest BCUT2D eigenvalue weighted by molar-refractivity contribution is 0.100. The number of nitrogens with zero attached hydrogens (tertiary/aromatic N) is 3. The van der Waals surface area contributed by atoms with E-state index in [0.29, 0.717) is 22.7 Å². The van der Waals surface area contributed by atoms with Crippen molar-refractivity contribution in [3.63, 3.8) is 0 Å². The van der Waals surface area contributed by atoms with Gasteiger partial charge in [-0.3, -0.25) is 4.79 Å². The van der Waals surface area contributed by atoms with E-state index in [-0.39, 0.29) is 0 Å². The van der Waals surface area contributed by atoms with Crippen molar-refractivity contribution in [3.8, 4) is 0 Å². The van der Waals surface area contributed by atoms with Gasteiger partial charge in [0.1, 0.15) is 5.52 Å². The maximum atomic E-state index is 11.1. The van der Waals surface area contributed by atoms with Crippen molar-refractivity contribution in [2.75, 3.05) is 38.1 Å². The summed E-state index contributed by atoms with van der Waals surface area (Å²) in [5.41, 5.74) is 7.06. The number of nitrogens with two attached hydrogens (primary N) is 1. The van der Waals surface area contributed by atoms with E-state index >= 15 is 0 Å². The molecule has 1 saturated heterocycles. The number of benzene rings is 1. The minimum atomic E-state index is -0.453. The molecule has 1 aliphatic rings. The molecule has 100 valence electrons. The van der Waals surface area contributed by atoms with Gasteiger partial charge in [0.25, 0.3) is 6.01 Å². The Morgan fingerprint density at radius 1 is 1.32 bits per heavy atom. The topological polar surface area (TPSA) is 75.6 Å². The van der Waals surface area contributed by atoms with Crippen LogP contribution in [0.25, 0.3) is 11.1 Å². The molecule has 0 saturated carbocycles. The van der Waals surface area contributed by atoms with E-state index in [1.165, 1.54) is 0 Å². The number of anilines is 1. The molecule has 0 unspecified atom stereocenters. The first-order chi connectivity index (χ1) is 9.13. The number of piperazine rings is 1. The van der Waals surface area contributed by atoms with Crippen LogP contribution in [0.2, 0.25) is 0 Å². The molecule has 0 bridgehead atoms. The third-order valence-electron chi connectivity index (χ3n) is 3.43. The molecule has 2 N–H and O–H groups in total. The molecule has 1 aromatic carbocycles. The minimum absolute atomic E-state index is 0.450. The Hall–Kier alpha value is -2.08. The van der Waals surface area contributed by atoms with Gasteiger partial charge >= 0.3 is 0 Å². The van der Waals surface area contributed by atoms with Crippen LogP contribution in [0.1, 0.15) is 10.4 Å². The summed E-state index contributed by atoms with van der Waals surface area (Å²) in [6, 6.07) is 5.68. The number of hydrogen-bond donors (Lipinski definition) is 1. The average molecular weight is 260 g/mol. The third kappa shape index (κ3) is 2.26. The van der Waals surface area contributed by atoms with E-state index < -0.39 is 5.91 Å². The minimum Gasteiger partial charge on any atom is -0.423 e. The molecule has 0 atom stereocenters. The predicted molar refractivity (Wildman–Crippen MR) is 72.2 cm³/mol. The van der Waals surface area contributed by atoms with Gasteiger partial charge in [0.15, 0.2) is 5.58 Å². The van der Waals surface area contributed by atoms with Gasteiger partial charge in [-0.1, -0.05) is 0 Å². The fraction of sp³-hybridized carbons (Fsp3) is 0.385. The second-order valence-electron chi connectivity index (χ2n) is 4.83. The Morgan fingerprint density at radius 3 is 2.74 bits per heavy atom. The van der Waals surface area contributed by atoms with Gasteiger partial charge in [-0.25, -0.2) is 0 Å². The normalized spacial score (nSPS) is 17.0. The maximum Gasteiger partial charge on any atom is 0.298 e. The van der Waals surface area contributed by atoms with Crippen molar-refractivity contribution in [3.05, 3.63) is 23.8 Å². The Bertz CT molecular complexity index is 614. The van der Waals surface area contributed by atoms with Crippen LogP contribution in [-0.4, -0.2) is 49.0 Å². The van der Waals surface area contributed by atoms with E-state index in [4.69, 9.17) is 10.2 Å². The monoisotopic (exact) mass is 260 g/mol. The summed E-state index contributed by atoms with van der Waals surface area (Å²) in [4.78, 5) is 20.0. The van der Waals surface area contributed by atoms with Crippen LogP contribution >= 0.6 is 0 Å². The summed E-state index contributed by atoms with van der Waals surface area (Å²) < 4.78 is 5.72. The first kappa shape index (κ1) is 12.0. The number of rotatable bonds is 2. The standard InChI is InChI=1S/C13H16N4O2/c1-16-4-6-17(7-5-16)13-15-10-8-9(12(14)18)2-3-11(10)19-13/h2-3,8H,4-7H2,1H3,(H2,14,18). The van der Waals surface area contributed by atoms with Gasteiger partial charge < -0.3 is 20.0 Å². The smallest absolute Gasteiger partial charge is 0.298 e. The molecule has 3 rings (SSSR count). The zero-order valence-corrected chi connectivity index (χ0v) is 10.8. The van der Waals surface area contributed by atoms with Gasteiger partial charge in [-0.15, -0.1) is 0 Å². The Balaban J connectivity index is 1.91. The molecule has 0 aliphatic carbocycles. The van der Waals surface area contributed by atoms with Crippen molar-refractivity contribution < 1.29 is 9.21 Å². The highest BCUT2D eigenvalue weighted by Crippen LogP contribution is 2.23. The van der Waals surface area contributed by atoms with Gasteiger partial charge in [0.05, 0.1) is 0 Å². The molecule has 1 aromatic heterocycles. The summed E-state index contributed by atoms with van der Waals surface area (Å²) in [6.45, 7) is 3.77. The SMILES string of the molecule is CN1CCN(c2nc3cc(C(N)=O)ccc3o2)CC1. The first-order valence-electron chi connectivity index (χ1n) is 6.27. The largest absolute Gasteiger partial charge is 0.423 e. The molecule has 2 heterocycles. The number of aromatic nitrogens is 1. The molecule has 19 heavy (non-hydrogen) atoms. The van der Waals surface area contributed by atoms with Crippen molar-refractivity contribution in [1.29, 1.82) is 0 Å². The van der Waals surface area contributed by atoms with Crippen molar-refractivity contribution in [1.82, 2.24) is 9.88 Å². The van der Waals surface area contributed by atoms with Gasteiger partial charge in [-0.05, 0) is 25.2 Å². The molecule has 1 fully saturated rings. The van der Waals surface area contributed by atoms with Gasteiger partial charge in [0, 0.05) is 31.7 Å². The second kappa shape index (κ2) is 4.55. The number of carbonyl (C=O) groups excluding carboxylic acids is 1. The number of amides is 1. The molecule has 2 aromatic rings. The van der Waals surface area contributed by atoms with Gasteiger partial charge in [0.2, 0.25) is 5.91 Å². The highest BCUT2D eigenvalue weighted by Gasteiger charge is 2.19. The summed E-state index contributed by atoms with van der Waals surface area (Å²) >= 11 is 0. The average Bonchev–Trinajstić information content (AvgIpc) is 2.82. The molecule has 1 amide bonds. The highest BCUT2D eigenvalue weighted by atomic mass is 16.4. The molecular weight excluding hydrogens is 244 g/mol. The first-order valence-corrected chi connectivity index (χ1v) is 6.27. The number of fused-ring (bicyclic) bond motifs is 1. The Labute approximate surface area is 110 Å². The lowest BCUT2D eigenvalue weighted by atomic mass is 10.2. The van der Waals surface area contributed by atoms with Crippen molar-refractivity contribution in [2.45, 2.75) is 0 Å². The van der Waals surface area contributed by atoms with E-state index in [0.717, 1.165) is 26.2 Å². The number of hydrogen-bond acceptors (Lipinski definition) is 5. The van der Waals surface area contributed by atoms with E-state index in [1.54, 1.807) is 18.2 Å². The molecule has 6 nitrogen and oxygen atoms in total. The molecule has 1 aliphatic heterocycles. The predicted octanol–water partition coefficient (Wildman–Crippen LogP) is 0.678. The summed E-state index contributed by atoms with van der Waals surface area (Å²) in [6.07, 6.45) is 0. The van der Waals surface area contributed by atoms with E-state index in [2.05, 4.69) is 21.8 Å². The lowest BCUT2D eigenvalue weighted by Gasteiger charge is -2.31. The molecule has 6 heteroatoms. The van der Waals surface area contributed by atoms with Crippen LogP contribution in [-0.2, 0) is 0 Å². The number of likely N-dealkylation sites (N-methyl/N-ethyl adjacent to an activating group) is 1. The second-order valence-corrected chi connectivity index (χ2v) is 4.83. The summed E-state index contributed by atoms with van der Waals surface area (Å²) in [5.74, 6) is -0.453. The Kier molecular flexibility index (Phi) is 2.87. The fourth-order valence-electron chi connectivity index (χ4n) is 2.20. The highest BCUT2D eigenvalue weighted by molar-refractivity contribution is 5.96. The number of primary amides is 1. The van der Waals surface area contributed by atoms with Crippen LogP contribution in [0.4, 0.5) is 6.01 Å². The van der Waals surface area contributed by atoms with Crippen LogP contribution < -0.4 is 10.6 Å². The van der Waals surface area contributed by atoms with Gasteiger partial charge in [-0.2, -0.15) is 4.98 Å². The molecule has 0 spiro atoms.